The first-order valence-corrected chi connectivity index (χ1v) is 5.47. The largest absolute Gasteiger partial charge is 0.327 e. The number of rotatable bonds is 3. The topological polar surface area (TPSA) is 38.9 Å². The van der Waals surface area contributed by atoms with E-state index in [1.165, 1.54) is 2.88 Å². The maximum Gasteiger partial charge on any atom is 0.0951 e. The molecule has 11 heavy (non-hydrogen) atoms. The van der Waals surface area contributed by atoms with Crippen LogP contribution < -0.4 is 5.73 Å². The summed E-state index contributed by atoms with van der Waals surface area (Å²) in [6.45, 7) is 2.10. The van der Waals surface area contributed by atoms with E-state index < -0.39 is 0 Å². The van der Waals surface area contributed by atoms with Crippen LogP contribution in [0.5, 0.6) is 0 Å². The quantitative estimate of drug-likeness (QED) is 0.861. The van der Waals surface area contributed by atoms with Gasteiger partial charge in [0.15, 0.2) is 0 Å². The Kier molecular flexibility index (Phi) is 3.74. The fourth-order valence-electron chi connectivity index (χ4n) is 0.751. The molecule has 4 heteroatoms. The molecule has 0 aromatic carbocycles. The van der Waals surface area contributed by atoms with Crippen LogP contribution in [0.3, 0.4) is 0 Å². The molecule has 0 bridgehead atoms. The molecule has 0 amide bonds. The fourth-order valence-corrected chi connectivity index (χ4v) is 2.39. The van der Waals surface area contributed by atoms with Crippen LogP contribution in [0.15, 0.2) is 6.20 Å². The molecule has 1 rings (SSSR count). The highest BCUT2D eigenvalue weighted by molar-refractivity contribution is 14.1. The highest BCUT2D eigenvalue weighted by Gasteiger charge is 2.04. The Hall–Kier alpha value is 0.320. The van der Waals surface area contributed by atoms with Crippen LogP contribution >= 0.6 is 33.9 Å². The van der Waals surface area contributed by atoms with E-state index in [0.717, 1.165) is 17.8 Å². The van der Waals surface area contributed by atoms with Gasteiger partial charge in [-0.1, -0.05) is 6.92 Å². The standard InChI is InChI=1S/C7H11IN2S/c1-2-5(9)3-7-10-4-6(8)11-7/h4-5H,2-3,9H2,1H3. The molecular weight excluding hydrogens is 271 g/mol. The third kappa shape index (κ3) is 3.04. The summed E-state index contributed by atoms with van der Waals surface area (Å²) in [6, 6.07) is 0.275. The minimum atomic E-state index is 0.275. The van der Waals surface area contributed by atoms with Gasteiger partial charge in [0.25, 0.3) is 0 Å². The molecule has 1 aromatic heterocycles. The van der Waals surface area contributed by atoms with Crippen molar-refractivity contribution in [2.24, 2.45) is 5.73 Å². The molecule has 1 aromatic rings. The van der Waals surface area contributed by atoms with Gasteiger partial charge in [-0.2, -0.15) is 0 Å². The van der Waals surface area contributed by atoms with Crippen LogP contribution in [0.1, 0.15) is 18.4 Å². The summed E-state index contributed by atoms with van der Waals surface area (Å²) >= 11 is 4.00. The van der Waals surface area contributed by atoms with E-state index in [4.69, 9.17) is 5.73 Å². The van der Waals surface area contributed by atoms with Crippen LogP contribution in [0, 0.1) is 2.88 Å². The lowest BCUT2D eigenvalue weighted by Crippen LogP contribution is -2.21. The Bertz CT molecular complexity index is 224. The second-order valence-electron chi connectivity index (χ2n) is 2.43. The number of hydrogen-bond acceptors (Lipinski definition) is 3. The van der Waals surface area contributed by atoms with Crippen molar-refractivity contribution in [2.45, 2.75) is 25.8 Å². The van der Waals surface area contributed by atoms with E-state index in [1.807, 2.05) is 6.20 Å². The summed E-state index contributed by atoms with van der Waals surface area (Å²) in [5, 5.41) is 1.16. The van der Waals surface area contributed by atoms with Gasteiger partial charge >= 0.3 is 0 Å². The van der Waals surface area contributed by atoms with E-state index in [9.17, 15) is 0 Å². The molecule has 1 atom stereocenters. The normalized spacial score (nSPS) is 13.4. The third-order valence-electron chi connectivity index (χ3n) is 1.49. The smallest absolute Gasteiger partial charge is 0.0951 e. The minimum Gasteiger partial charge on any atom is -0.327 e. The van der Waals surface area contributed by atoms with Gasteiger partial charge in [0.05, 0.1) is 14.1 Å². The Balaban J connectivity index is 2.50. The molecule has 2 N–H and O–H groups in total. The van der Waals surface area contributed by atoms with Crippen molar-refractivity contribution < 1.29 is 0 Å². The number of hydrogen-bond donors (Lipinski definition) is 1. The fraction of sp³-hybridized carbons (Fsp3) is 0.571. The van der Waals surface area contributed by atoms with Crippen molar-refractivity contribution in [1.82, 2.24) is 4.98 Å². The average molecular weight is 282 g/mol. The maximum atomic E-state index is 5.78. The van der Waals surface area contributed by atoms with Crippen LogP contribution in [0.2, 0.25) is 0 Å². The first-order chi connectivity index (χ1) is 5.22. The zero-order valence-electron chi connectivity index (χ0n) is 6.38. The van der Waals surface area contributed by atoms with Crippen LogP contribution in [-0.2, 0) is 6.42 Å². The van der Waals surface area contributed by atoms with Gasteiger partial charge in [0.2, 0.25) is 0 Å². The maximum absolute atomic E-state index is 5.78. The summed E-state index contributed by atoms with van der Waals surface area (Å²) in [7, 11) is 0. The second-order valence-corrected chi connectivity index (χ2v) is 5.44. The summed E-state index contributed by atoms with van der Waals surface area (Å²) in [5.74, 6) is 0. The lowest BCUT2D eigenvalue weighted by Gasteiger charge is -2.03. The molecule has 0 aliphatic heterocycles. The Morgan fingerprint density at radius 1 is 1.82 bits per heavy atom. The molecule has 0 aliphatic rings. The summed E-state index contributed by atoms with van der Waals surface area (Å²) in [6.07, 6.45) is 3.84. The van der Waals surface area contributed by atoms with Gasteiger partial charge in [-0.15, -0.1) is 11.3 Å². The molecule has 1 heterocycles. The Morgan fingerprint density at radius 2 is 2.55 bits per heavy atom. The molecular formula is C7H11IN2S. The van der Waals surface area contributed by atoms with Crippen molar-refractivity contribution in [2.75, 3.05) is 0 Å². The number of aromatic nitrogens is 1. The average Bonchev–Trinajstić information content (AvgIpc) is 2.35. The molecule has 62 valence electrons. The first kappa shape index (κ1) is 9.41. The lowest BCUT2D eigenvalue weighted by atomic mass is 10.2. The molecule has 0 fully saturated rings. The first-order valence-electron chi connectivity index (χ1n) is 3.58. The predicted molar refractivity (Wildman–Crippen MR) is 56.8 cm³/mol. The zero-order valence-corrected chi connectivity index (χ0v) is 9.35. The minimum absolute atomic E-state index is 0.275. The monoisotopic (exact) mass is 282 g/mol. The van der Waals surface area contributed by atoms with E-state index in [1.54, 1.807) is 11.3 Å². The number of thiazole rings is 1. The summed E-state index contributed by atoms with van der Waals surface area (Å²) < 4.78 is 1.24. The van der Waals surface area contributed by atoms with Crippen molar-refractivity contribution in [1.29, 1.82) is 0 Å². The Labute approximate surface area is 84.4 Å². The zero-order chi connectivity index (χ0) is 8.27. The van der Waals surface area contributed by atoms with Crippen molar-refractivity contribution in [3.63, 3.8) is 0 Å². The SMILES string of the molecule is CCC(N)Cc1ncc(I)s1. The van der Waals surface area contributed by atoms with E-state index in [-0.39, 0.29) is 6.04 Å². The van der Waals surface area contributed by atoms with Gasteiger partial charge in [0.1, 0.15) is 0 Å². The predicted octanol–water partition coefficient (Wildman–Crippen LogP) is 2.03. The summed E-state index contributed by atoms with van der Waals surface area (Å²) in [4.78, 5) is 4.23. The summed E-state index contributed by atoms with van der Waals surface area (Å²) in [5.41, 5.74) is 5.78. The van der Waals surface area contributed by atoms with E-state index in [0.29, 0.717) is 0 Å². The van der Waals surface area contributed by atoms with E-state index in [2.05, 4.69) is 34.5 Å². The van der Waals surface area contributed by atoms with Gasteiger partial charge in [0, 0.05) is 12.5 Å². The van der Waals surface area contributed by atoms with Crippen molar-refractivity contribution >= 4 is 33.9 Å². The van der Waals surface area contributed by atoms with Crippen LogP contribution in [-0.4, -0.2) is 11.0 Å². The molecule has 0 spiro atoms. The lowest BCUT2D eigenvalue weighted by molar-refractivity contribution is 0.644. The van der Waals surface area contributed by atoms with Gasteiger partial charge in [-0.05, 0) is 29.0 Å². The van der Waals surface area contributed by atoms with Gasteiger partial charge in [-0.25, -0.2) is 4.98 Å². The molecule has 0 radical (unpaired) electrons. The van der Waals surface area contributed by atoms with Gasteiger partial charge in [-0.3, -0.25) is 0 Å². The molecule has 0 saturated carbocycles. The number of halogens is 1. The van der Waals surface area contributed by atoms with Crippen LogP contribution in [0.25, 0.3) is 0 Å². The molecule has 0 aliphatic carbocycles. The van der Waals surface area contributed by atoms with Crippen molar-refractivity contribution in [3.8, 4) is 0 Å². The van der Waals surface area contributed by atoms with Crippen LogP contribution in [0.4, 0.5) is 0 Å². The molecule has 2 nitrogen and oxygen atoms in total. The second kappa shape index (κ2) is 4.37. The third-order valence-corrected chi connectivity index (χ3v) is 3.23. The van der Waals surface area contributed by atoms with E-state index >= 15 is 0 Å². The highest BCUT2D eigenvalue weighted by Crippen LogP contribution is 2.16. The molecule has 0 saturated heterocycles. The molecule has 1 unspecified atom stereocenters. The van der Waals surface area contributed by atoms with Crippen molar-refractivity contribution in [3.05, 3.63) is 14.1 Å². The van der Waals surface area contributed by atoms with Gasteiger partial charge < -0.3 is 5.73 Å². The highest BCUT2D eigenvalue weighted by atomic mass is 127. The number of nitrogens with zero attached hydrogens (tertiary/aromatic N) is 1. The number of nitrogens with two attached hydrogens (primary N) is 1. The Morgan fingerprint density at radius 3 is 3.00 bits per heavy atom.